The molecule has 0 aromatic heterocycles. The minimum Gasteiger partial charge on any atom is -0.339 e. The van der Waals surface area contributed by atoms with Gasteiger partial charge < -0.3 is 15.1 Å². The lowest BCUT2D eigenvalue weighted by atomic mass is 9.93. The number of carbonyl (C=O) groups is 1. The van der Waals surface area contributed by atoms with E-state index < -0.39 is 0 Å². The number of likely N-dealkylation sites (tertiary alicyclic amines) is 1. The lowest BCUT2D eigenvalue weighted by molar-refractivity contribution is 0.0687. The van der Waals surface area contributed by atoms with Crippen LogP contribution in [0.15, 0.2) is 24.3 Å². The maximum absolute atomic E-state index is 12.7. The number of benzene rings is 1. The number of rotatable bonds is 6. The highest BCUT2D eigenvalue weighted by Crippen LogP contribution is 2.21. The smallest absolute Gasteiger partial charge is 0.253 e. The fourth-order valence-corrected chi connectivity index (χ4v) is 3.12. The van der Waals surface area contributed by atoms with E-state index in [0.717, 1.165) is 50.5 Å². The second-order valence-electron chi connectivity index (χ2n) is 6.57. The molecule has 0 saturated carbocycles. The molecular weight excluding hydrogens is 274 g/mol. The van der Waals surface area contributed by atoms with E-state index in [4.69, 9.17) is 0 Å². The number of nitrogens with one attached hydrogen (secondary N) is 1. The van der Waals surface area contributed by atoms with Crippen LogP contribution in [0.25, 0.3) is 0 Å². The van der Waals surface area contributed by atoms with E-state index in [0.29, 0.717) is 0 Å². The fraction of sp³-hybridized carbons (Fsp3) is 0.611. The third-order valence-corrected chi connectivity index (χ3v) is 4.38. The Morgan fingerprint density at radius 2 is 2.05 bits per heavy atom. The van der Waals surface area contributed by atoms with E-state index in [-0.39, 0.29) is 5.91 Å². The molecule has 2 rings (SSSR count). The van der Waals surface area contributed by atoms with Gasteiger partial charge in [-0.15, -0.1) is 0 Å². The minimum absolute atomic E-state index is 0.188. The van der Waals surface area contributed by atoms with Crippen LogP contribution >= 0.6 is 0 Å². The van der Waals surface area contributed by atoms with Crippen molar-refractivity contribution in [2.24, 2.45) is 5.92 Å². The van der Waals surface area contributed by atoms with Crippen molar-refractivity contribution >= 4 is 5.91 Å². The normalized spacial score (nSPS) is 16.3. The van der Waals surface area contributed by atoms with Gasteiger partial charge in [0.25, 0.3) is 5.91 Å². The van der Waals surface area contributed by atoms with Gasteiger partial charge in [0.15, 0.2) is 0 Å². The first kappa shape index (κ1) is 17.0. The molecule has 0 aliphatic carbocycles. The zero-order valence-corrected chi connectivity index (χ0v) is 14.1. The van der Waals surface area contributed by atoms with Gasteiger partial charge in [0, 0.05) is 25.2 Å². The molecule has 1 aromatic rings. The monoisotopic (exact) mass is 303 g/mol. The van der Waals surface area contributed by atoms with Gasteiger partial charge in [-0.1, -0.05) is 12.1 Å². The highest BCUT2D eigenvalue weighted by Gasteiger charge is 2.23. The van der Waals surface area contributed by atoms with E-state index in [1.807, 2.05) is 44.2 Å². The average Bonchev–Trinajstić information content (AvgIpc) is 2.52. The van der Waals surface area contributed by atoms with Gasteiger partial charge >= 0.3 is 0 Å². The van der Waals surface area contributed by atoms with Gasteiger partial charge in [-0.3, -0.25) is 4.79 Å². The third kappa shape index (κ3) is 4.82. The summed E-state index contributed by atoms with van der Waals surface area (Å²) < 4.78 is 0. The number of carbonyl (C=O) groups excluding carboxylic acids is 1. The van der Waals surface area contributed by atoms with Crippen LogP contribution in [0.5, 0.6) is 0 Å². The summed E-state index contributed by atoms with van der Waals surface area (Å²) in [6.45, 7) is 3.73. The summed E-state index contributed by atoms with van der Waals surface area (Å²) in [5.74, 6) is 0.948. The fourth-order valence-electron chi connectivity index (χ4n) is 3.12. The standard InChI is InChI=1S/C18H29N3O/c1-19-10-7-15-8-11-21(12-9-15)18(22)17-6-4-5-16(13-17)14-20(2)3/h4-6,13,15,19H,7-12,14H2,1-3H3. The van der Waals surface area contributed by atoms with Gasteiger partial charge in [0.05, 0.1) is 0 Å². The zero-order chi connectivity index (χ0) is 15.9. The molecule has 122 valence electrons. The molecule has 1 amide bonds. The predicted molar refractivity (Wildman–Crippen MR) is 91.0 cm³/mol. The van der Waals surface area contributed by atoms with Crippen LogP contribution in [0.2, 0.25) is 0 Å². The van der Waals surface area contributed by atoms with Crippen LogP contribution in [0, 0.1) is 5.92 Å². The molecule has 4 nitrogen and oxygen atoms in total. The second-order valence-corrected chi connectivity index (χ2v) is 6.57. The zero-order valence-electron chi connectivity index (χ0n) is 14.1. The van der Waals surface area contributed by atoms with Crippen LogP contribution in [-0.2, 0) is 6.54 Å². The van der Waals surface area contributed by atoms with Crippen molar-refractivity contribution in [2.75, 3.05) is 40.8 Å². The Hall–Kier alpha value is -1.39. The summed E-state index contributed by atoms with van der Waals surface area (Å²) in [5, 5.41) is 3.21. The van der Waals surface area contributed by atoms with Crippen LogP contribution in [-0.4, -0.2) is 56.5 Å². The lowest BCUT2D eigenvalue weighted by Crippen LogP contribution is -2.39. The van der Waals surface area contributed by atoms with E-state index in [1.165, 1.54) is 12.0 Å². The molecule has 1 fully saturated rings. The quantitative estimate of drug-likeness (QED) is 0.875. The predicted octanol–water partition coefficient (Wildman–Crippen LogP) is 2.21. The molecule has 22 heavy (non-hydrogen) atoms. The molecule has 4 heteroatoms. The molecule has 0 spiro atoms. The lowest BCUT2D eigenvalue weighted by Gasteiger charge is -2.32. The number of piperidine rings is 1. The molecular formula is C18H29N3O. The molecule has 1 aromatic carbocycles. The summed E-state index contributed by atoms with van der Waals surface area (Å²) in [7, 11) is 6.09. The highest BCUT2D eigenvalue weighted by atomic mass is 16.2. The van der Waals surface area contributed by atoms with E-state index >= 15 is 0 Å². The molecule has 0 unspecified atom stereocenters. The molecule has 1 aliphatic rings. The first-order valence-corrected chi connectivity index (χ1v) is 8.27. The van der Waals surface area contributed by atoms with Crippen LogP contribution in [0.4, 0.5) is 0 Å². The number of nitrogens with zero attached hydrogens (tertiary/aromatic N) is 2. The Bertz CT molecular complexity index is 479. The number of hydrogen-bond acceptors (Lipinski definition) is 3. The van der Waals surface area contributed by atoms with Crippen molar-refractivity contribution in [3.05, 3.63) is 35.4 Å². The second kappa shape index (κ2) is 8.30. The third-order valence-electron chi connectivity index (χ3n) is 4.38. The number of hydrogen-bond donors (Lipinski definition) is 1. The average molecular weight is 303 g/mol. The molecule has 1 saturated heterocycles. The molecule has 1 aliphatic heterocycles. The maximum Gasteiger partial charge on any atom is 0.253 e. The van der Waals surface area contributed by atoms with Crippen LogP contribution in [0.1, 0.15) is 35.2 Å². The van der Waals surface area contributed by atoms with Crippen molar-refractivity contribution in [3.8, 4) is 0 Å². The van der Waals surface area contributed by atoms with E-state index in [1.54, 1.807) is 0 Å². The summed E-state index contributed by atoms with van der Waals surface area (Å²) in [4.78, 5) is 16.8. The first-order valence-electron chi connectivity index (χ1n) is 8.27. The number of amides is 1. The van der Waals surface area contributed by atoms with Gasteiger partial charge in [0.2, 0.25) is 0 Å². The Kier molecular flexibility index (Phi) is 6.40. The van der Waals surface area contributed by atoms with Crippen molar-refractivity contribution < 1.29 is 4.79 Å². The van der Waals surface area contributed by atoms with Crippen LogP contribution in [0.3, 0.4) is 0 Å². The van der Waals surface area contributed by atoms with Gasteiger partial charge in [-0.25, -0.2) is 0 Å². The van der Waals surface area contributed by atoms with Gasteiger partial charge in [0.1, 0.15) is 0 Å². The van der Waals surface area contributed by atoms with Crippen molar-refractivity contribution in [2.45, 2.75) is 25.8 Å². The Morgan fingerprint density at radius 1 is 1.32 bits per heavy atom. The van der Waals surface area contributed by atoms with E-state index in [9.17, 15) is 4.79 Å². The SMILES string of the molecule is CNCCC1CCN(C(=O)c2cccc(CN(C)C)c2)CC1. The van der Waals surface area contributed by atoms with Crippen molar-refractivity contribution in [1.82, 2.24) is 15.1 Å². The highest BCUT2D eigenvalue weighted by molar-refractivity contribution is 5.94. The van der Waals surface area contributed by atoms with Gasteiger partial charge in [-0.05, 0) is 70.6 Å². The first-order chi connectivity index (χ1) is 10.6. The summed E-state index contributed by atoms with van der Waals surface area (Å²) >= 11 is 0. The Balaban J connectivity index is 1.92. The molecule has 1 heterocycles. The minimum atomic E-state index is 0.188. The summed E-state index contributed by atoms with van der Waals surface area (Å²) in [5.41, 5.74) is 2.02. The summed E-state index contributed by atoms with van der Waals surface area (Å²) in [6, 6.07) is 8.05. The molecule has 1 N–H and O–H groups in total. The maximum atomic E-state index is 12.7. The molecule has 0 atom stereocenters. The van der Waals surface area contributed by atoms with Gasteiger partial charge in [-0.2, -0.15) is 0 Å². The Morgan fingerprint density at radius 3 is 2.68 bits per heavy atom. The van der Waals surface area contributed by atoms with Crippen molar-refractivity contribution in [1.29, 1.82) is 0 Å². The molecule has 0 radical (unpaired) electrons. The largest absolute Gasteiger partial charge is 0.339 e. The van der Waals surface area contributed by atoms with E-state index in [2.05, 4.69) is 16.3 Å². The van der Waals surface area contributed by atoms with Crippen molar-refractivity contribution in [3.63, 3.8) is 0 Å². The molecule has 0 bridgehead atoms. The topological polar surface area (TPSA) is 35.6 Å². The van der Waals surface area contributed by atoms with Crippen LogP contribution < -0.4 is 5.32 Å². The summed E-state index contributed by atoms with van der Waals surface area (Å²) in [6.07, 6.45) is 3.48. The Labute approximate surface area is 134 Å².